The number of phenolic OH excluding ortho intramolecular Hbond substituents is 1. The van der Waals surface area contributed by atoms with Crippen LogP contribution in [0.15, 0.2) is 23.8 Å². The number of rotatable bonds is 3. The first-order valence-electron chi connectivity index (χ1n) is 9.48. The van der Waals surface area contributed by atoms with Gasteiger partial charge in [0.15, 0.2) is 11.9 Å². The van der Waals surface area contributed by atoms with Crippen molar-refractivity contribution in [1.29, 1.82) is 0 Å². The highest BCUT2D eigenvalue weighted by molar-refractivity contribution is 6.28. The summed E-state index contributed by atoms with van der Waals surface area (Å²) in [6.07, 6.45) is -2.73. The molecule has 8 nitrogen and oxygen atoms in total. The monoisotopic (exact) mass is 412 g/mol. The van der Waals surface area contributed by atoms with Gasteiger partial charge in [-0.25, -0.2) is 0 Å². The summed E-state index contributed by atoms with van der Waals surface area (Å²) in [5.41, 5.74) is -0.00927. The molecule has 8 heteroatoms. The molecule has 2 N–H and O–H groups in total. The van der Waals surface area contributed by atoms with Crippen molar-refractivity contribution in [3.63, 3.8) is 0 Å². The Bertz CT molecular complexity index is 1180. The maximum Gasteiger partial charge on any atom is 0.303 e. The van der Waals surface area contributed by atoms with E-state index in [0.717, 1.165) is 0 Å². The first kappa shape index (κ1) is 18.9. The largest absolute Gasteiger partial charge is 0.507 e. The Morgan fingerprint density at radius 1 is 1.13 bits per heavy atom. The number of carbonyl (C=O) groups is 2. The van der Waals surface area contributed by atoms with Crippen LogP contribution in [0.1, 0.15) is 29.8 Å². The topological polar surface area (TPSA) is 115 Å². The summed E-state index contributed by atoms with van der Waals surface area (Å²) in [7, 11) is 2.85. The smallest absolute Gasteiger partial charge is 0.303 e. The van der Waals surface area contributed by atoms with Crippen LogP contribution in [0.2, 0.25) is 0 Å². The minimum absolute atomic E-state index is 0.0710. The fourth-order valence-electron chi connectivity index (χ4n) is 4.91. The molecule has 1 fully saturated rings. The van der Waals surface area contributed by atoms with Crippen molar-refractivity contribution in [2.24, 2.45) is 0 Å². The summed E-state index contributed by atoms with van der Waals surface area (Å²) < 4.78 is 22.4. The van der Waals surface area contributed by atoms with Gasteiger partial charge in [-0.15, -0.1) is 0 Å². The molecule has 5 rings (SSSR count). The van der Waals surface area contributed by atoms with Crippen molar-refractivity contribution in [3.05, 3.63) is 34.9 Å². The van der Waals surface area contributed by atoms with Crippen LogP contribution in [0.25, 0.3) is 16.3 Å². The molecule has 0 saturated carbocycles. The molecule has 0 unspecified atom stereocenters. The Morgan fingerprint density at radius 2 is 1.83 bits per heavy atom. The van der Waals surface area contributed by atoms with Crippen molar-refractivity contribution in [2.45, 2.75) is 37.8 Å². The van der Waals surface area contributed by atoms with E-state index in [2.05, 4.69) is 0 Å². The Labute approximate surface area is 171 Å². The predicted octanol–water partition coefficient (Wildman–Crippen LogP) is 1.98. The van der Waals surface area contributed by atoms with Crippen LogP contribution in [0.4, 0.5) is 0 Å². The first-order valence-corrected chi connectivity index (χ1v) is 9.48. The molecule has 0 aromatic heterocycles. The highest BCUT2D eigenvalue weighted by Crippen LogP contribution is 2.60. The van der Waals surface area contributed by atoms with Gasteiger partial charge in [-0.1, -0.05) is 12.1 Å². The molecule has 1 saturated heterocycles. The van der Waals surface area contributed by atoms with E-state index < -0.39 is 35.7 Å². The second-order valence-corrected chi connectivity index (χ2v) is 7.83. The zero-order valence-corrected chi connectivity index (χ0v) is 16.8. The number of benzene rings is 2. The van der Waals surface area contributed by atoms with Gasteiger partial charge in [-0.2, -0.15) is 0 Å². The third-order valence-electron chi connectivity index (χ3n) is 6.20. The third kappa shape index (κ3) is 2.12. The molecule has 0 spiro atoms. The zero-order valence-electron chi connectivity index (χ0n) is 16.8. The summed E-state index contributed by atoms with van der Waals surface area (Å²) in [5, 5.41) is 22.4. The van der Waals surface area contributed by atoms with E-state index in [0.29, 0.717) is 27.7 Å². The quantitative estimate of drug-likeness (QED) is 0.581. The normalized spacial score (nSPS) is 28.7. The molecular weight excluding hydrogens is 392 g/mol. The van der Waals surface area contributed by atoms with E-state index in [9.17, 15) is 19.8 Å². The standard InChI is InChI=1S/C22H20O8/c1-8(23)29-20-15-12(17(26)21-22(20,2)30-21)13-14(16(15)25)19(28-4)11-9(18(13)27-3)6-5-7-10(11)24/h5-7,17,20-21,24,26H,1-4H3/t17-,20+,21-,22+/m0/s1. The molecule has 4 atom stereocenters. The maximum absolute atomic E-state index is 13.6. The Kier molecular flexibility index (Phi) is 3.76. The molecule has 3 aliphatic rings. The number of hydrogen-bond donors (Lipinski definition) is 2. The number of ketones is 1. The van der Waals surface area contributed by atoms with Crippen LogP contribution < -0.4 is 9.47 Å². The number of esters is 1. The first-order chi connectivity index (χ1) is 14.3. The highest BCUT2D eigenvalue weighted by atomic mass is 16.7. The number of ether oxygens (including phenoxy) is 4. The van der Waals surface area contributed by atoms with Crippen LogP contribution in [0.5, 0.6) is 17.2 Å². The van der Waals surface area contributed by atoms with Gasteiger partial charge in [-0.3, -0.25) is 9.59 Å². The fraction of sp³-hybridized carbons (Fsp3) is 0.364. The van der Waals surface area contributed by atoms with Crippen LogP contribution in [0, 0.1) is 0 Å². The van der Waals surface area contributed by atoms with Gasteiger partial charge in [0.05, 0.1) is 30.7 Å². The molecule has 0 radical (unpaired) electrons. The summed E-state index contributed by atoms with van der Waals surface area (Å²) in [5.74, 6) is -0.602. The molecule has 0 bridgehead atoms. The molecule has 30 heavy (non-hydrogen) atoms. The number of methoxy groups -OCH3 is 2. The summed E-state index contributed by atoms with van der Waals surface area (Å²) >= 11 is 0. The number of fused-ring (bicyclic) bond motifs is 4. The Balaban J connectivity index is 1.88. The van der Waals surface area contributed by atoms with Gasteiger partial charge in [-0.05, 0) is 13.0 Å². The minimum Gasteiger partial charge on any atom is -0.507 e. The second kappa shape index (κ2) is 5.96. The van der Waals surface area contributed by atoms with E-state index in [1.165, 1.54) is 27.2 Å². The number of aromatic hydroxyl groups is 1. The van der Waals surface area contributed by atoms with E-state index in [1.807, 2.05) is 0 Å². The molecule has 2 aliphatic carbocycles. The van der Waals surface area contributed by atoms with Gasteiger partial charge in [0.25, 0.3) is 0 Å². The van der Waals surface area contributed by atoms with Crippen molar-refractivity contribution in [2.75, 3.05) is 14.2 Å². The molecule has 1 aliphatic heterocycles. The lowest BCUT2D eigenvalue weighted by Crippen LogP contribution is -2.43. The minimum atomic E-state index is -1.12. The van der Waals surface area contributed by atoms with Crippen molar-refractivity contribution in [1.82, 2.24) is 0 Å². The predicted molar refractivity (Wildman–Crippen MR) is 105 cm³/mol. The number of hydrogen-bond acceptors (Lipinski definition) is 8. The van der Waals surface area contributed by atoms with Gasteiger partial charge in [0, 0.05) is 23.4 Å². The molecule has 0 amide bonds. The summed E-state index contributed by atoms with van der Waals surface area (Å²) in [6.45, 7) is 2.96. The van der Waals surface area contributed by atoms with E-state index in [-0.39, 0.29) is 22.6 Å². The van der Waals surface area contributed by atoms with Crippen molar-refractivity contribution >= 4 is 28.1 Å². The zero-order chi connectivity index (χ0) is 21.5. The third-order valence-corrected chi connectivity index (χ3v) is 6.20. The van der Waals surface area contributed by atoms with Gasteiger partial charge >= 0.3 is 5.97 Å². The van der Waals surface area contributed by atoms with Crippen molar-refractivity contribution in [3.8, 4) is 17.2 Å². The van der Waals surface area contributed by atoms with Crippen molar-refractivity contribution < 1.29 is 38.7 Å². The lowest BCUT2D eigenvalue weighted by Gasteiger charge is -2.29. The lowest BCUT2D eigenvalue weighted by molar-refractivity contribution is -0.147. The summed E-state index contributed by atoms with van der Waals surface area (Å²) in [6, 6.07) is 4.87. The van der Waals surface area contributed by atoms with Gasteiger partial charge < -0.3 is 29.2 Å². The van der Waals surface area contributed by atoms with E-state index in [1.54, 1.807) is 19.1 Å². The molecule has 1 heterocycles. The number of carbonyl (C=O) groups excluding carboxylic acids is 2. The highest BCUT2D eigenvalue weighted by Gasteiger charge is 2.70. The van der Waals surface area contributed by atoms with E-state index in [4.69, 9.17) is 18.9 Å². The van der Waals surface area contributed by atoms with Gasteiger partial charge in [0.1, 0.15) is 35.1 Å². The summed E-state index contributed by atoms with van der Waals surface area (Å²) in [4.78, 5) is 25.4. The Morgan fingerprint density at radius 3 is 2.47 bits per heavy atom. The number of aliphatic hydroxyl groups excluding tert-OH is 1. The number of epoxide rings is 1. The van der Waals surface area contributed by atoms with Crippen LogP contribution >= 0.6 is 0 Å². The number of aliphatic hydroxyl groups is 1. The molecular formula is C22H20O8. The van der Waals surface area contributed by atoms with Gasteiger partial charge in [0.2, 0.25) is 0 Å². The maximum atomic E-state index is 13.6. The Hall–Kier alpha value is -3.10. The fourth-order valence-corrected chi connectivity index (χ4v) is 4.91. The molecule has 156 valence electrons. The van der Waals surface area contributed by atoms with Crippen LogP contribution in [-0.4, -0.2) is 60.1 Å². The number of phenols is 1. The van der Waals surface area contributed by atoms with Crippen LogP contribution in [-0.2, 0) is 14.3 Å². The lowest BCUT2D eigenvalue weighted by atomic mass is 9.80. The average Bonchev–Trinajstić information content (AvgIpc) is 3.32. The average molecular weight is 412 g/mol. The second-order valence-electron chi connectivity index (χ2n) is 7.83. The van der Waals surface area contributed by atoms with Crippen LogP contribution in [0.3, 0.4) is 0 Å². The molecule has 2 aromatic rings. The number of Topliss-reactive ketones (excluding diaryl/α,β-unsaturated/α-hetero) is 1. The van der Waals surface area contributed by atoms with E-state index >= 15 is 0 Å². The SMILES string of the molecule is COc1c2c(c(OC)c3c(O)cccc13)C(=O)C1=C2[C@H](O)[C@@H]2O[C@]2(C)[C@@H]1OC(C)=O. The molecule has 2 aromatic carbocycles.